The van der Waals surface area contributed by atoms with Gasteiger partial charge in [-0.25, -0.2) is 0 Å². The molecule has 6 nitrogen and oxygen atoms in total. The third kappa shape index (κ3) is 49.8. The first-order valence-corrected chi connectivity index (χ1v) is 29.0. The van der Waals surface area contributed by atoms with Gasteiger partial charge in [0.15, 0.2) is 0 Å². The fourth-order valence-corrected chi connectivity index (χ4v) is 8.64. The molecule has 0 radical (unpaired) electrons. The third-order valence-electron chi connectivity index (χ3n) is 13.1. The van der Waals surface area contributed by atoms with Crippen molar-refractivity contribution in [2.75, 3.05) is 6.61 Å². The molecule has 0 heterocycles. The fraction of sp³-hybridized carbons (Fsp3) is 0.803. The molecule has 3 atom stereocenters. The first kappa shape index (κ1) is 64.6. The van der Waals surface area contributed by atoms with Gasteiger partial charge in [0.2, 0.25) is 5.91 Å². The Hall–Kier alpha value is -2.44. The Morgan fingerprint density at radius 2 is 0.761 bits per heavy atom. The number of amides is 1. The fourth-order valence-electron chi connectivity index (χ4n) is 8.64. The van der Waals surface area contributed by atoms with E-state index in [9.17, 15) is 19.8 Å². The maximum Gasteiger partial charge on any atom is 0.306 e. The summed E-state index contributed by atoms with van der Waals surface area (Å²) in [4.78, 5) is 26.3. The van der Waals surface area contributed by atoms with E-state index in [4.69, 9.17) is 4.74 Å². The van der Waals surface area contributed by atoms with Gasteiger partial charge >= 0.3 is 5.97 Å². The summed E-state index contributed by atoms with van der Waals surface area (Å²) in [5.74, 6) is -0.495. The van der Waals surface area contributed by atoms with Gasteiger partial charge in [-0.2, -0.15) is 0 Å². The summed E-state index contributed by atoms with van der Waals surface area (Å²) in [6.45, 7) is 6.45. The number of rotatable bonds is 52. The highest BCUT2D eigenvalue weighted by Crippen LogP contribution is 2.18. The van der Waals surface area contributed by atoms with Gasteiger partial charge in [-0.15, -0.1) is 0 Å². The highest BCUT2D eigenvalue weighted by atomic mass is 16.5. The molecule has 0 aliphatic carbocycles. The second kappa shape index (κ2) is 54.5. The number of nitrogens with one attached hydrogen (secondary N) is 1. The van der Waals surface area contributed by atoms with E-state index in [-0.39, 0.29) is 24.9 Å². The van der Waals surface area contributed by atoms with Gasteiger partial charge in [0.05, 0.1) is 25.2 Å². The van der Waals surface area contributed by atoms with Gasteiger partial charge in [-0.05, 0) is 96.3 Å². The number of carbonyl (C=O) groups excluding carboxylic acids is 2. The van der Waals surface area contributed by atoms with Crippen molar-refractivity contribution in [3.63, 3.8) is 0 Å². The molecule has 0 saturated carbocycles. The summed E-state index contributed by atoms with van der Waals surface area (Å²) >= 11 is 0. The first-order valence-electron chi connectivity index (χ1n) is 29.0. The molecule has 0 aliphatic heterocycles. The van der Waals surface area contributed by atoms with Gasteiger partial charge in [-0.3, -0.25) is 9.59 Å². The van der Waals surface area contributed by atoms with E-state index < -0.39 is 18.2 Å². The minimum absolute atomic E-state index is 0.0624. The number of aliphatic hydroxyl groups excluding tert-OH is 2. The molecule has 67 heavy (non-hydrogen) atoms. The van der Waals surface area contributed by atoms with Gasteiger partial charge in [0.25, 0.3) is 0 Å². The molecule has 3 N–H and O–H groups in total. The summed E-state index contributed by atoms with van der Waals surface area (Å²) in [6.07, 6.45) is 68.5. The molecule has 1 amide bonds. The second-order valence-corrected chi connectivity index (χ2v) is 19.7. The summed E-state index contributed by atoms with van der Waals surface area (Å²) < 4.78 is 5.95. The molecule has 6 heteroatoms. The molecule has 3 unspecified atom stereocenters. The van der Waals surface area contributed by atoms with Crippen LogP contribution in [0.1, 0.15) is 290 Å². The molecule has 0 saturated heterocycles. The van der Waals surface area contributed by atoms with Crippen LogP contribution in [0.5, 0.6) is 0 Å². The van der Waals surface area contributed by atoms with Crippen LogP contribution in [0.25, 0.3) is 0 Å². The van der Waals surface area contributed by atoms with E-state index >= 15 is 0 Å². The third-order valence-corrected chi connectivity index (χ3v) is 13.1. The lowest BCUT2D eigenvalue weighted by Crippen LogP contribution is -2.46. The van der Waals surface area contributed by atoms with Gasteiger partial charge < -0.3 is 20.3 Å². The van der Waals surface area contributed by atoms with Crippen LogP contribution in [0.3, 0.4) is 0 Å². The lowest BCUT2D eigenvalue weighted by Gasteiger charge is -2.24. The molecular formula is C61H111NO5. The van der Waals surface area contributed by atoms with Crippen molar-refractivity contribution < 1.29 is 24.5 Å². The molecule has 0 aromatic carbocycles. The van der Waals surface area contributed by atoms with Crippen LogP contribution >= 0.6 is 0 Å². The summed E-state index contributed by atoms with van der Waals surface area (Å²) in [7, 11) is 0. The number of hydrogen-bond acceptors (Lipinski definition) is 5. The Bertz CT molecular complexity index is 1190. The van der Waals surface area contributed by atoms with Gasteiger partial charge in [0.1, 0.15) is 6.10 Å². The normalized spacial score (nSPS) is 13.6. The second-order valence-electron chi connectivity index (χ2n) is 19.7. The van der Waals surface area contributed by atoms with E-state index in [0.29, 0.717) is 19.3 Å². The van der Waals surface area contributed by atoms with Crippen LogP contribution < -0.4 is 5.32 Å². The highest BCUT2D eigenvalue weighted by Gasteiger charge is 2.24. The van der Waals surface area contributed by atoms with Crippen molar-refractivity contribution in [2.45, 2.75) is 309 Å². The van der Waals surface area contributed by atoms with Crippen LogP contribution in [-0.4, -0.2) is 46.9 Å². The molecule has 0 bridgehead atoms. The Kier molecular flexibility index (Phi) is 52.5. The van der Waals surface area contributed by atoms with Crippen LogP contribution in [0.15, 0.2) is 60.8 Å². The van der Waals surface area contributed by atoms with Crippen LogP contribution in [0.2, 0.25) is 0 Å². The topological polar surface area (TPSA) is 95.9 Å². The van der Waals surface area contributed by atoms with Crippen LogP contribution in [-0.2, 0) is 14.3 Å². The molecule has 0 aromatic rings. The zero-order valence-corrected chi connectivity index (χ0v) is 44.5. The van der Waals surface area contributed by atoms with E-state index in [1.165, 1.54) is 154 Å². The van der Waals surface area contributed by atoms with Crippen molar-refractivity contribution in [2.24, 2.45) is 0 Å². The van der Waals surface area contributed by atoms with Crippen molar-refractivity contribution in [3.8, 4) is 0 Å². The number of esters is 1. The number of ether oxygens (including phenoxy) is 1. The van der Waals surface area contributed by atoms with E-state index in [1.807, 2.05) is 0 Å². The molecule has 0 aromatic heterocycles. The lowest BCUT2D eigenvalue weighted by atomic mass is 10.0. The van der Waals surface area contributed by atoms with Crippen molar-refractivity contribution in [1.82, 2.24) is 5.32 Å². The largest absolute Gasteiger partial charge is 0.462 e. The number of hydrogen-bond donors (Lipinski definition) is 3. The average Bonchev–Trinajstić information content (AvgIpc) is 3.32. The van der Waals surface area contributed by atoms with E-state index in [0.717, 1.165) is 89.9 Å². The smallest absolute Gasteiger partial charge is 0.306 e. The molecular weight excluding hydrogens is 827 g/mol. The van der Waals surface area contributed by atoms with Gasteiger partial charge in [-0.1, -0.05) is 242 Å². The maximum absolute atomic E-state index is 13.3. The predicted molar refractivity (Wildman–Crippen MR) is 292 cm³/mol. The Morgan fingerprint density at radius 3 is 1.18 bits per heavy atom. The van der Waals surface area contributed by atoms with E-state index in [1.54, 1.807) is 0 Å². The molecule has 390 valence electrons. The summed E-state index contributed by atoms with van der Waals surface area (Å²) in [5.41, 5.74) is 0. The molecule has 0 spiro atoms. The zero-order chi connectivity index (χ0) is 48.8. The molecule has 0 aliphatic rings. The van der Waals surface area contributed by atoms with Crippen molar-refractivity contribution in [3.05, 3.63) is 60.8 Å². The number of unbranched alkanes of at least 4 members (excludes halogenated alkanes) is 30. The number of carbonyl (C=O) groups is 2. The minimum atomic E-state index is -0.796. The average molecular weight is 939 g/mol. The quantitative estimate of drug-likeness (QED) is 0.0321. The SMILES string of the molecule is CCCCC/C=C\C/C=C\C/C=C\CCCCCCCCC(=O)OC(CCCCCCC/C=C\C/C=C\CCCCC)CC(=O)NC(CO)C(O)CCCCCCCCCCCCCCCC. The standard InChI is InChI=1S/C61H111NO5/c1-4-7-10-13-16-19-22-25-28-29-30-31-33-36-39-42-45-48-51-54-61(66)67-57(52-49-46-43-40-37-34-32-26-23-20-17-14-11-8-5-2)55-60(65)62-58(56-63)59(64)53-50-47-44-41-38-35-27-24-21-18-15-12-9-6-3/h16-17,19-20,25-26,28,30-32,57-59,63-64H,4-15,18,21-24,27,29,33-56H2,1-3H3,(H,62,65)/b19-16-,20-17-,28-25-,31-30-,32-26-. The van der Waals surface area contributed by atoms with E-state index in [2.05, 4.69) is 86.8 Å². The Labute approximate surface area is 416 Å². The Balaban J connectivity index is 4.59. The highest BCUT2D eigenvalue weighted by molar-refractivity contribution is 5.77. The minimum Gasteiger partial charge on any atom is -0.462 e. The molecule has 0 fully saturated rings. The van der Waals surface area contributed by atoms with Crippen molar-refractivity contribution in [1.29, 1.82) is 0 Å². The lowest BCUT2D eigenvalue weighted by molar-refractivity contribution is -0.151. The summed E-state index contributed by atoms with van der Waals surface area (Å²) in [6, 6.07) is -0.711. The zero-order valence-electron chi connectivity index (χ0n) is 44.5. The molecule has 0 rings (SSSR count). The van der Waals surface area contributed by atoms with Crippen molar-refractivity contribution >= 4 is 11.9 Å². The Morgan fingerprint density at radius 1 is 0.433 bits per heavy atom. The summed E-state index contributed by atoms with van der Waals surface area (Å²) in [5, 5.41) is 23.9. The predicted octanol–water partition coefficient (Wildman–Crippen LogP) is 18.0. The maximum atomic E-state index is 13.3. The number of aliphatic hydroxyl groups is 2. The van der Waals surface area contributed by atoms with Crippen LogP contribution in [0.4, 0.5) is 0 Å². The number of allylic oxidation sites excluding steroid dienone is 10. The van der Waals surface area contributed by atoms with Crippen LogP contribution in [0, 0.1) is 0 Å². The first-order chi connectivity index (χ1) is 33.0. The monoisotopic (exact) mass is 938 g/mol. The van der Waals surface area contributed by atoms with Gasteiger partial charge in [0, 0.05) is 6.42 Å².